The van der Waals surface area contributed by atoms with Crippen molar-refractivity contribution in [1.82, 2.24) is 14.4 Å². The number of benzene rings is 3. The molecule has 0 aliphatic rings. The van der Waals surface area contributed by atoms with Crippen LogP contribution >= 0.6 is 11.6 Å². The predicted molar refractivity (Wildman–Crippen MR) is 121 cm³/mol. The fourth-order valence-corrected chi connectivity index (χ4v) is 3.54. The Morgan fingerprint density at radius 1 is 0.828 bits per heavy atom. The van der Waals surface area contributed by atoms with Crippen LogP contribution in [0, 0.1) is 6.92 Å². The van der Waals surface area contributed by atoms with Gasteiger partial charge >= 0.3 is 0 Å². The van der Waals surface area contributed by atoms with Crippen molar-refractivity contribution in [3.8, 4) is 11.3 Å². The molecular weight excluding hydrogens is 378 g/mol. The molecule has 5 aromatic rings. The number of aryl methyl sites for hydroxylation is 1. The molecule has 4 heteroatoms. The van der Waals surface area contributed by atoms with E-state index in [1.807, 2.05) is 54.6 Å². The van der Waals surface area contributed by atoms with Gasteiger partial charge in [-0.2, -0.15) is 0 Å². The van der Waals surface area contributed by atoms with Gasteiger partial charge in [-0.1, -0.05) is 71.8 Å². The first-order valence-corrected chi connectivity index (χ1v) is 9.84. The van der Waals surface area contributed by atoms with Crippen molar-refractivity contribution in [2.24, 2.45) is 0 Å². The molecule has 0 aliphatic heterocycles. The second-order valence-corrected chi connectivity index (χ2v) is 7.49. The second kappa shape index (κ2) is 7.19. The van der Waals surface area contributed by atoms with Gasteiger partial charge < -0.3 is 0 Å². The number of hydrogen-bond donors (Lipinski definition) is 0. The minimum atomic E-state index is 0.726. The first kappa shape index (κ1) is 17.7. The smallest absolute Gasteiger partial charge is 0.164 e. The van der Waals surface area contributed by atoms with Gasteiger partial charge in [0.05, 0.1) is 16.7 Å². The molecule has 0 bridgehead atoms. The number of fused-ring (bicyclic) bond motifs is 3. The molecule has 3 aromatic carbocycles. The highest BCUT2D eigenvalue weighted by molar-refractivity contribution is 6.30. The minimum Gasteiger partial charge on any atom is -0.296 e. The Morgan fingerprint density at radius 2 is 1.59 bits per heavy atom. The summed E-state index contributed by atoms with van der Waals surface area (Å²) >= 11 is 6.00. The summed E-state index contributed by atoms with van der Waals surface area (Å²) in [5.41, 5.74) is 7.97. The van der Waals surface area contributed by atoms with E-state index in [1.54, 1.807) is 0 Å². The van der Waals surface area contributed by atoms with E-state index in [-0.39, 0.29) is 0 Å². The Bertz CT molecular complexity index is 1350. The van der Waals surface area contributed by atoms with Crippen LogP contribution in [0.4, 0.5) is 0 Å². The quantitative estimate of drug-likeness (QED) is 0.341. The molecule has 140 valence electrons. The van der Waals surface area contributed by atoms with Gasteiger partial charge in [-0.25, -0.2) is 9.97 Å². The lowest BCUT2D eigenvalue weighted by Gasteiger charge is -2.06. The lowest BCUT2D eigenvalue weighted by Crippen LogP contribution is -1.96. The van der Waals surface area contributed by atoms with Gasteiger partial charge in [0, 0.05) is 16.8 Å². The number of aromatic nitrogens is 3. The Kier molecular flexibility index (Phi) is 4.38. The van der Waals surface area contributed by atoms with Crippen molar-refractivity contribution >= 4 is 40.4 Å². The Balaban J connectivity index is 1.71. The third-order valence-corrected chi connectivity index (χ3v) is 5.22. The summed E-state index contributed by atoms with van der Waals surface area (Å²) in [5.74, 6) is 0. The van der Waals surface area contributed by atoms with Gasteiger partial charge in [0.25, 0.3) is 0 Å². The third-order valence-electron chi connectivity index (χ3n) is 4.97. The maximum absolute atomic E-state index is 6.00. The number of nitrogens with zero attached hydrogens (tertiary/aromatic N) is 3. The third kappa shape index (κ3) is 3.41. The van der Waals surface area contributed by atoms with Crippen LogP contribution in [0.1, 0.15) is 16.8 Å². The number of rotatable bonds is 3. The summed E-state index contributed by atoms with van der Waals surface area (Å²) in [6.45, 7) is 2.09. The van der Waals surface area contributed by atoms with Crippen molar-refractivity contribution in [2.75, 3.05) is 0 Å². The summed E-state index contributed by atoms with van der Waals surface area (Å²) in [4.78, 5) is 9.75. The van der Waals surface area contributed by atoms with Gasteiger partial charge in [0.15, 0.2) is 5.65 Å². The number of halogens is 1. The zero-order valence-corrected chi connectivity index (χ0v) is 16.6. The number of imidazole rings is 1. The topological polar surface area (TPSA) is 30.2 Å². The fourth-order valence-electron chi connectivity index (χ4n) is 3.41. The number of para-hydroxylation sites is 2. The van der Waals surface area contributed by atoms with Gasteiger partial charge in [0.1, 0.15) is 5.69 Å². The Hall–Kier alpha value is -3.43. The molecule has 0 spiro atoms. The van der Waals surface area contributed by atoms with E-state index in [4.69, 9.17) is 21.6 Å². The van der Waals surface area contributed by atoms with Crippen molar-refractivity contribution in [1.29, 1.82) is 0 Å². The molecule has 0 N–H and O–H groups in total. The summed E-state index contributed by atoms with van der Waals surface area (Å²) in [6, 6.07) is 24.3. The molecule has 0 atom stereocenters. The molecule has 0 radical (unpaired) electrons. The van der Waals surface area contributed by atoms with E-state index in [0.29, 0.717) is 0 Å². The lowest BCUT2D eigenvalue weighted by atomic mass is 10.1. The Labute approximate surface area is 173 Å². The molecule has 0 saturated heterocycles. The maximum Gasteiger partial charge on any atom is 0.164 e. The van der Waals surface area contributed by atoms with Crippen LogP contribution in [0.3, 0.4) is 0 Å². The zero-order chi connectivity index (χ0) is 19.8. The molecule has 0 saturated carbocycles. The monoisotopic (exact) mass is 395 g/mol. The SMILES string of the molecule is Cc1ccc(-c2cn3c(nc4ccccc43)c(/C=C/c3ccc(Cl)cc3)n2)cc1. The lowest BCUT2D eigenvalue weighted by molar-refractivity contribution is 1.14. The first-order chi connectivity index (χ1) is 14.2. The highest BCUT2D eigenvalue weighted by atomic mass is 35.5. The molecule has 0 amide bonds. The molecule has 0 fully saturated rings. The number of hydrogen-bond acceptors (Lipinski definition) is 2. The van der Waals surface area contributed by atoms with E-state index in [2.05, 4.69) is 47.9 Å². The van der Waals surface area contributed by atoms with E-state index in [0.717, 1.165) is 44.2 Å². The average molecular weight is 396 g/mol. The zero-order valence-electron chi connectivity index (χ0n) is 15.9. The molecule has 0 aliphatic carbocycles. The van der Waals surface area contributed by atoms with Crippen molar-refractivity contribution in [3.63, 3.8) is 0 Å². The van der Waals surface area contributed by atoms with Gasteiger partial charge in [-0.3, -0.25) is 4.40 Å². The van der Waals surface area contributed by atoms with Crippen molar-refractivity contribution in [2.45, 2.75) is 6.92 Å². The fraction of sp³-hybridized carbons (Fsp3) is 0.0400. The Morgan fingerprint density at radius 3 is 2.38 bits per heavy atom. The van der Waals surface area contributed by atoms with E-state index < -0.39 is 0 Å². The summed E-state index contributed by atoms with van der Waals surface area (Å²) < 4.78 is 2.12. The van der Waals surface area contributed by atoms with Gasteiger partial charge in [0.2, 0.25) is 0 Å². The van der Waals surface area contributed by atoms with Crippen LogP contribution in [0.2, 0.25) is 5.02 Å². The summed E-state index contributed by atoms with van der Waals surface area (Å²) in [6.07, 6.45) is 6.12. The van der Waals surface area contributed by atoms with Crippen LogP contribution in [-0.4, -0.2) is 14.4 Å². The van der Waals surface area contributed by atoms with Crippen LogP contribution in [0.5, 0.6) is 0 Å². The molecule has 5 rings (SSSR count). The second-order valence-electron chi connectivity index (χ2n) is 7.06. The molecule has 0 unspecified atom stereocenters. The standard InChI is InChI=1S/C25H18ClN3/c1-17-6-11-19(12-7-17)23-16-29-24-5-3-2-4-21(24)28-25(29)22(27-23)15-10-18-8-13-20(26)14-9-18/h2-16H,1H3/b15-10+. The van der Waals surface area contributed by atoms with Gasteiger partial charge in [-0.05, 0) is 42.8 Å². The van der Waals surface area contributed by atoms with Crippen LogP contribution in [-0.2, 0) is 0 Å². The summed E-state index contributed by atoms with van der Waals surface area (Å²) in [7, 11) is 0. The maximum atomic E-state index is 6.00. The predicted octanol–water partition coefficient (Wildman–Crippen LogP) is 6.68. The highest BCUT2D eigenvalue weighted by Crippen LogP contribution is 2.25. The molecular formula is C25H18ClN3. The first-order valence-electron chi connectivity index (χ1n) is 9.46. The van der Waals surface area contributed by atoms with Crippen molar-refractivity contribution < 1.29 is 0 Å². The van der Waals surface area contributed by atoms with Crippen LogP contribution in [0.15, 0.2) is 79.0 Å². The van der Waals surface area contributed by atoms with E-state index in [1.165, 1.54) is 5.56 Å². The van der Waals surface area contributed by atoms with E-state index >= 15 is 0 Å². The molecule has 2 aromatic heterocycles. The minimum absolute atomic E-state index is 0.726. The van der Waals surface area contributed by atoms with Gasteiger partial charge in [-0.15, -0.1) is 0 Å². The molecule has 3 nitrogen and oxygen atoms in total. The van der Waals surface area contributed by atoms with Crippen molar-refractivity contribution in [3.05, 3.63) is 101 Å². The molecule has 2 heterocycles. The van der Waals surface area contributed by atoms with Crippen LogP contribution in [0.25, 0.3) is 40.1 Å². The summed E-state index contributed by atoms with van der Waals surface area (Å²) in [5, 5.41) is 0.726. The van der Waals surface area contributed by atoms with E-state index in [9.17, 15) is 0 Å². The molecule has 29 heavy (non-hydrogen) atoms. The highest BCUT2D eigenvalue weighted by Gasteiger charge is 2.11. The average Bonchev–Trinajstić information content (AvgIpc) is 3.12. The largest absolute Gasteiger partial charge is 0.296 e. The van der Waals surface area contributed by atoms with Crippen LogP contribution < -0.4 is 0 Å². The normalized spacial score (nSPS) is 11.7.